The molecule has 4 aromatic rings. The number of hydrogen-bond donors (Lipinski definition) is 2. The number of hydrogen-bond acceptors (Lipinski definition) is 11. The number of anilines is 2. The number of benzene rings is 3. The van der Waals surface area contributed by atoms with Crippen molar-refractivity contribution in [3.05, 3.63) is 104 Å². The first-order chi connectivity index (χ1) is 23.2. The van der Waals surface area contributed by atoms with Crippen molar-refractivity contribution in [2.75, 3.05) is 30.0 Å². The number of nitrogens with one attached hydrogen (secondary N) is 2. The van der Waals surface area contributed by atoms with E-state index in [1.165, 1.54) is 36.0 Å². The number of aromatic amines is 1. The van der Waals surface area contributed by atoms with Gasteiger partial charge >= 0.3 is 16.8 Å². The largest absolute Gasteiger partial charge is 0.484 e. The average molecular weight is 688 g/mol. The summed E-state index contributed by atoms with van der Waals surface area (Å²) in [4.78, 5) is 80.9. The van der Waals surface area contributed by atoms with E-state index in [4.69, 9.17) is 14.2 Å². The molecule has 2 aliphatic rings. The van der Waals surface area contributed by atoms with E-state index in [0.29, 0.717) is 43.7 Å². The maximum atomic E-state index is 14.0. The van der Waals surface area contributed by atoms with Gasteiger partial charge in [-0.05, 0) is 80.1 Å². The minimum absolute atomic E-state index is 0.218. The van der Waals surface area contributed by atoms with Gasteiger partial charge in [0, 0.05) is 16.5 Å². The molecular weight excluding hydrogens is 659 g/mol. The SMILES string of the molecule is CCOC(=O)c1ccc(NC(=O)COc2ccc([C@H]3c4sc(=O)[nH]c4SC4C(=O)N(c5ccc(C(=O)OCC)cc5)C(=O)C43)cc2)cc1. The highest BCUT2D eigenvalue weighted by Gasteiger charge is 2.56. The zero-order valence-corrected chi connectivity index (χ0v) is 27.4. The number of esters is 2. The lowest BCUT2D eigenvalue weighted by Gasteiger charge is -2.29. The van der Waals surface area contributed by atoms with Crippen molar-refractivity contribution in [2.45, 2.75) is 30.0 Å². The molecule has 3 atom stereocenters. The number of fused-ring (bicyclic) bond motifs is 2. The van der Waals surface area contributed by atoms with E-state index in [2.05, 4.69) is 10.3 Å². The van der Waals surface area contributed by atoms with Gasteiger partial charge in [-0.3, -0.25) is 19.2 Å². The van der Waals surface area contributed by atoms with Crippen molar-refractivity contribution < 1.29 is 38.2 Å². The molecule has 0 spiro atoms. The fraction of sp³-hybridized carbons (Fsp3) is 0.235. The first-order valence-electron chi connectivity index (χ1n) is 15.0. The number of thioether (sulfide) groups is 1. The zero-order chi connectivity index (χ0) is 33.9. The van der Waals surface area contributed by atoms with E-state index in [0.717, 1.165) is 16.2 Å². The fourth-order valence-electron chi connectivity index (χ4n) is 5.61. The Labute approximate surface area is 282 Å². The second kappa shape index (κ2) is 13.9. The van der Waals surface area contributed by atoms with Crippen LogP contribution in [0.1, 0.15) is 50.9 Å². The van der Waals surface area contributed by atoms with Crippen LogP contribution in [0.25, 0.3) is 0 Å². The maximum Gasteiger partial charge on any atom is 0.338 e. The Bertz CT molecular complexity index is 1940. The average Bonchev–Trinajstić information content (AvgIpc) is 3.58. The van der Waals surface area contributed by atoms with Crippen molar-refractivity contribution in [3.63, 3.8) is 0 Å². The molecule has 0 radical (unpaired) electrons. The summed E-state index contributed by atoms with van der Waals surface area (Å²) in [5.74, 6) is -3.18. The molecular formula is C34H29N3O9S2. The van der Waals surface area contributed by atoms with Crippen LogP contribution < -0.4 is 19.8 Å². The summed E-state index contributed by atoms with van der Waals surface area (Å²) in [7, 11) is 0. The Morgan fingerprint density at radius 2 is 1.42 bits per heavy atom. The lowest BCUT2D eigenvalue weighted by molar-refractivity contribution is -0.122. The number of carbonyl (C=O) groups excluding carboxylic acids is 5. The van der Waals surface area contributed by atoms with E-state index in [9.17, 15) is 28.8 Å². The summed E-state index contributed by atoms with van der Waals surface area (Å²) in [6.45, 7) is 3.61. The minimum atomic E-state index is -0.793. The van der Waals surface area contributed by atoms with Crippen LogP contribution in [0.2, 0.25) is 0 Å². The molecule has 3 heterocycles. The smallest absolute Gasteiger partial charge is 0.338 e. The van der Waals surface area contributed by atoms with Gasteiger partial charge in [0.05, 0.1) is 41.0 Å². The van der Waals surface area contributed by atoms with E-state index in [-0.39, 0.29) is 24.7 Å². The topological polar surface area (TPSA) is 161 Å². The summed E-state index contributed by atoms with van der Waals surface area (Å²) >= 11 is 2.17. The van der Waals surface area contributed by atoms with Gasteiger partial charge in [-0.1, -0.05) is 35.2 Å². The monoisotopic (exact) mass is 687 g/mol. The number of imide groups is 1. The number of thiazole rings is 1. The molecule has 0 aliphatic carbocycles. The number of H-pyrrole nitrogens is 1. The van der Waals surface area contributed by atoms with Gasteiger partial charge in [0.2, 0.25) is 11.8 Å². The molecule has 6 rings (SSSR count). The van der Waals surface area contributed by atoms with Crippen LogP contribution in [-0.4, -0.2) is 59.7 Å². The fourth-order valence-corrected chi connectivity index (χ4v) is 8.13. The number of ether oxygens (including phenoxy) is 3. The van der Waals surface area contributed by atoms with E-state index < -0.39 is 46.7 Å². The second-order valence-electron chi connectivity index (χ2n) is 10.7. The Balaban J connectivity index is 1.17. The van der Waals surface area contributed by atoms with Crippen molar-refractivity contribution in [1.29, 1.82) is 0 Å². The van der Waals surface area contributed by atoms with Gasteiger partial charge < -0.3 is 24.5 Å². The molecule has 3 aromatic carbocycles. The molecule has 1 aromatic heterocycles. The maximum absolute atomic E-state index is 14.0. The normalized spacial score (nSPS) is 18.1. The Hall–Kier alpha value is -5.21. The third-order valence-electron chi connectivity index (χ3n) is 7.75. The third kappa shape index (κ3) is 6.49. The minimum Gasteiger partial charge on any atom is -0.484 e. The van der Waals surface area contributed by atoms with E-state index in [1.807, 2.05) is 0 Å². The molecule has 0 saturated carbocycles. The summed E-state index contributed by atoms with van der Waals surface area (Å²) in [6.07, 6.45) is 0. The number of carbonyl (C=O) groups is 5. The highest BCUT2D eigenvalue weighted by Crippen LogP contribution is 2.53. The van der Waals surface area contributed by atoms with Crippen LogP contribution in [0, 0.1) is 5.92 Å². The van der Waals surface area contributed by atoms with Crippen LogP contribution in [0.5, 0.6) is 5.75 Å². The number of rotatable bonds is 10. The van der Waals surface area contributed by atoms with E-state index in [1.54, 1.807) is 62.4 Å². The molecule has 14 heteroatoms. The molecule has 2 aliphatic heterocycles. The highest BCUT2D eigenvalue weighted by molar-refractivity contribution is 8.00. The molecule has 12 nitrogen and oxygen atoms in total. The van der Waals surface area contributed by atoms with Crippen LogP contribution in [-0.2, 0) is 23.9 Å². The predicted molar refractivity (Wildman–Crippen MR) is 178 cm³/mol. The van der Waals surface area contributed by atoms with Crippen molar-refractivity contribution in [3.8, 4) is 5.75 Å². The summed E-state index contributed by atoms with van der Waals surface area (Å²) < 4.78 is 15.7. The number of aromatic nitrogens is 1. The van der Waals surface area contributed by atoms with Crippen molar-refractivity contribution in [1.82, 2.24) is 4.98 Å². The molecule has 1 saturated heterocycles. The van der Waals surface area contributed by atoms with Gasteiger partial charge in [-0.2, -0.15) is 0 Å². The Kier molecular flexibility index (Phi) is 9.46. The number of nitrogens with zero attached hydrogens (tertiary/aromatic N) is 1. The standard InChI is InChI=1S/C34H29N3O9S2/c1-3-44-32(41)19-5-11-21(12-6-19)35-24(38)17-46-23-15-9-18(10-16-23)25-26-28(47-29-27(25)48-34(43)36-29)31(40)37(30(26)39)22-13-7-20(8-14-22)33(42)45-4-2/h5-16,25-26,28H,3-4,17H2,1-2H3,(H,35,38)(H,36,43)/t25-,26?,28?/m1/s1. The third-order valence-corrected chi connectivity index (χ3v) is 10.2. The van der Waals surface area contributed by atoms with Gasteiger partial charge in [0.1, 0.15) is 11.0 Å². The molecule has 2 unspecified atom stereocenters. The number of amides is 3. The molecule has 246 valence electrons. The zero-order valence-electron chi connectivity index (χ0n) is 25.7. The quantitative estimate of drug-likeness (QED) is 0.178. The van der Waals surface area contributed by atoms with Gasteiger partial charge in [0.15, 0.2) is 6.61 Å². The van der Waals surface area contributed by atoms with Gasteiger partial charge in [-0.25, -0.2) is 14.5 Å². The predicted octanol–water partition coefficient (Wildman–Crippen LogP) is 4.60. The summed E-state index contributed by atoms with van der Waals surface area (Å²) in [5.41, 5.74) is 2.18. The van der Waals surface area contributed by atoms with Crippen LogP contribution in [0.3, 0.4) is 0 Å². The summed E-state index contributed by atoms with van der Waals surface area (Å²) in [6, 6.07) is 19.2. The van der Waals surface area contributed by atoms with E-state index >= 15 is 0 Å². The van der Waals surface area contributed by atoms with Crippen LogP contribution >= 0.6 is 23.1 Å². The molecule has 0 bridgehead atoms. The lowest BCUT2D eigenvalue weighted by atomic mass is 9.83. The highest BCUT2D eigenvalue weighted by atomic mass is 32.2. The summed E-state index contributed by atoms with van der Waals surface area (Å²) in [5, 5.41) is 2.47. The first kappa shape index (κ1) is 32.7. The van der Waals surface area contributed by atoms with Gasteiger partial charge in [0.25, 0.3) is 5.91 Å². The van der Waals surface area contributed by atoms with Crippen molar-refractivity contribution in [2.24, 2.45) is 5.92 Å². The first-order valence-corrected chi connectivity index (χ1v) is 16.7. The molecule has 3 amide bonds. The Morgan fingerprint density at radius 1 is 0.812 bits per heavy atom. The van der Waals surface area contributed by atoms with Gasteiger partial charge in [-0.15, -0.1) is 0 Å². The van der Waals surface area contributed by atoms with Crippen molar-refractivity contribution >= 4 is 64.1 Å². The lowest BCUT2D eigenvalue weighted by Crippen LogP contribution is -2.32. The molecule has 2 N–H and O–H groups in total. The molecule has 1 fully saturated rings. The second-order valence-corrected chi connectivity index (χ2v) is 12.9. The Morgan fingerprint density at radius 3 is 2.02 bits per heavy atom. The van der Waals surface area contributed by atoms with Crippen LogP contribution in [0.15, 0.2) is 82.6 Å². The molecule has 48 heavy (non-hydrogen) atoms. The van der Waals surface area contributed by atoms with Crippen LogP contribution in [0.4, 0.5) is 11.4 Å².